The SMILES string of the molecule is Cl.O=C(c1cccc2ccccc12)N1CCC2(CCNC2)C1. The van der Waals surface area contributed by atoms with Crippen molar-refractivity contribution in [2.24, 2.45) is 5.41 Å². The average molecular weight is 317 g/mol. The zero-order chi connectivity index (χ0) is 14.3. The molecular formula is C18H21ClN2O. The van der Waals surface area contributed by atoms with E-state index in [1.165, 1.54) is 6.42 Å². The Morgan fingerprint density at radius 1 is 1.09 bits per heavy atom. The summed E-state index contributed by atoms with van der Waals surface area (Å²) in [6, 6.07) is 14.2. The third-order valence-electron chi connectivity index (χ3n) is 5.08. The van der Waals surface area contributed by atoms with Crippen molar-refractivity contribution in [2.75, 3.05) is 26.2 Å². The molecule has 0 bridgehead atoms. The Bertz CT molecular complexity index is 689. The van der Waals surface area contributed by atoms with Crippen molar-refractivity contribution in [3.8, 4) is 0 Å². The highest BCUT2D eigenvalue weighted by Crippen LogP contribution is 2.37. The molecule has 22 heavy (non-hydrogen) atoms. The van der Waals surface area contributed by atoms with E-state index in [0.29, 0.717) is 5.41 Å². The van der Waals surface area contributed by atoms with Gasteiger partial charge in [-0.25, -0.2) is 0 Å². The molecule has 4 rings (SSSR count). The number of likely N-dealkylation sites (tertiary alicyclic amines) is 1. The molecule has 1 spiro atoms. The van der Waals surface area contributed by atoms with E-state index in [2.05, 4.69) is 22.3 Å². The number of benzene rings is 2. The van der Waals surface area contributed by atoms with E-state index in [-0.39, 0.29) is 18.3 Å². The van der Waals surface area contributed by atoms with E-state index in [0.717, 1.165) is 48.9 Å². The van der Waals surface area contributed by atoms with Gasteiger partial charge in [0, 0.05) is 30.6 Å². The van der Waals surface area contributed by atoms with Gasteiger partial charge in [-0.3, -0.25) is 4.79 Å². The lowest BCUT2D eigenvalue weighted by atomic mass is 9.86. The van der Waals surface area contributed by atoms with Crippen molar-refractivity contribution in [1.82, 2.24) is 10.2 Å². The summed E-state index contributed by atoms with van der Waals surface area (Å²) < 4.78 is 0. The zero-order valence-electron chi connectivity index (χ0n) is 12.5. The van der Waals surface area contributed by atoms with Crippen molar-refractivity contribution in [2.45, 2.75) is 12.8 Å². The number of nitrogens with one attached hydrogen (secondary N) is 1. The van der Waals surface area contributed by atoms with E-state index >= 15 is 0 Å². The van der Waals surface area contributed by atoms with Crippen LogP contribution in [0.5, 0.6) is 0 Å². The molecule has 2 heterocycles. The molecule has 116 valence electrons. The Morgan fingerprint density at radius 2 is 1.91 bits per heavy atom. The smallest absolute Gasteiger partial charge is 0.254 e. The van der Waals surface area contributed by atoms with Crippen LogP contribution in [-0.4, -0.2) is 37.0 Å². The predicted octanol–water partition coefficient (Wildman–Crippen LogP) is 3.09. The minimum Gasteiger partial charge on any atom is -0.338 e. The van der Waals surface area contributed by atoms with Crippen LogP contribution in [-0.2, 0) is 0 Å². The van der Waals surface area contributed by atoms with Crippen LogP contribution in [0.25, 0.3) is 10.8 Å². The minimum atomic E-state index is 0. The van der Waals surface area contributed by atoms with E-state index in [1.54, 1.807) is 0 Å². The number of halogens is 1. The fraction of sp³-hybridized carbons (Fsp3) is 0.389. The molecule has 1 N–H and O–H groups in total. The van der Waals surface area contributed by atoms with Crippen LogP contribution in [0.1, 0.15) is 23.2 Å². The first-order valence-electron chi connectivity index (χ1n) is 7.75. The lowest BCUT2D eigenvalue weighted by Gasteiger charge is -2.23. The Balaban J connectivity index is 0.00000144. The maximum atomic E-state index is 12.9. The number of amides is 1. The molecule has 2 aliphatic heterocycles. The van der Waals surface area contributed by atoms with Crippen molar-refractivity contribution in [1.29, 1.82) is 0 Å². The topological polar surface area (TPSA) is 32.3 Å². The molecule has 0 aromatic heterocycles. The number of rotatable bonds is 1. The van der Waals surface area contributed by atoms with Crippen LogP contribution in [0.2, 0.25) is 0 Å². The van der Waals surface area contributed by atoms with Gasteiger partial charge in [0.25, 0.3) is 5.91 Å². The fourth-order valence-corrected chi connectivity index (χ4v) is 3.83. The van der Waals surface area contributed by atoms with Gasteiger partial charge in [-0.2, -0.15) is 0 Å². The van der Waals surface area contributed by atoms with Crippen LogP contribution in [0, 0.1) is 5.41 Å². The molecule has 2 saturated heterocycles. The number of nitrogens with zero attached hydrogens (tertiary/aromatic N) is 1. The largest absolute Gasteiger partial charge is 0.338 e. The van der Waals surface area contributed by atoms with Gasteiger partial charge in [0.05, 0.1) is 0 Å². The Kier molecular flexibility index (Phi) is 4.11. The van der Waals surface area contributed by atoms with Gasteiger partial charge in [0.2, 0.25) is 0 Å². The lowest BCUT2D eigenvalue weighted by Crippen LogP contribution is -2.33. The van der Waals surface area contributed by atoms with Crippen molar-refractivity contribution < 1.29 is 4.79 Å². The summed E-state index contributed by atoms with van der Waals surface area (Å²) in [4.78, 5) is 15.0. The summed E-state index contributed by atoms with van der Waals surface area (Å²) in [6.45, 7) is 3.95. The molecule has 1 amide bonds. The summed E-state index contributed by atoms with van der Waals surface area (Å²) in [7, 11) is 0. The third kappa shape index (κ3) is 2.49. The number of carbonyl (C=O) groups excluding carboxylic acids is 1. The molecule has 0 saturated carbocycles. The van der Waals surface area contributed by atoms with Crippen LogP contribution >= 0.6 is 12.4 Å². The molecule has 2 aromatic carbocycles. The number of hydrogen-bond donors (Lipinski definition) is 1. The minimum absolute atomic E-state index is 0. The van der Waals surface area contributed by atoms with Gasteiger partial charge >= 0.3 is 0 Å². The molecule has 0 radical (unpaired) electrons. The molecule has 1 unspecified atom stereocenters. The Labute approximate surface area is 137 Å². The van der Waals surface area contributed by atoms with E-state index in [4.69, 9.17) is 0 Å². The normalized spacial score (nSPS) is 23.9. The Hall–Kier alpha value is -1.58. The standard InChI is InChI=1S/C18H20N2O.ClH/c21-17(20-11-9-18(13-20)8-10-19-12-18)16-7-3-5-14-4-1-2-6-15(14)16;/h1-7,19H,8-13H2;1H. The van der Waals surface area contributed by atoms with Crippen LogP contribution in [0.4, 0.5) is 0 Å². The van der Waals surface area contributed by atoms with E-state index in [9.17, 15) is 4.79 Å². The number of carbonyl (C=O) groups is 1. The summed E-state index contributed by atoms with van der Waals surface area (Å²) >= 11 is 0. The third-order valence-corrected chi connectivity index (χ3v) is 5.08. The molecule has 0 aliphatic carbocycles. The van der Waals surface area contributed by atoms with Crippen molar-refractivity contribution in [3.05, 3.63) is 48.0 Å². The Morgan fingerprint density at radius 3 is 2.73 bits per heavy atom. The first kappa shape index (κ1) is 15.3. The van der Waals surface area contributed by atoms with Crippen LogP contribution in [0.3, 0.4) is 0 Å². The second-order valence-electron chi connectivity index (χ2n) is 6.43. The highest BCUT2D eigenvalue weighted by Gasteiger charge is 2.42. The molecule has 3 nitrogen and oxygen atoms in total. The second kappa shape index (κ2) is 5.90. The van der Waals surface area contributed by atoms with E-state index < -0.39 is 0 Å². The highest BCUT2D eigenvalue weighted by atomic mass is 35.5. The molecule has 4 heteroatoms. The highest BCUT2D eigenvalue weighted by molar-refractivity contribution is 6.07. The van der Waals surface area contributed by atoms with Crippen LogP contribution in [0.15, 0.2) is 42.5 Å². The molecule has 2 aromatic rings. The second-order valence-corrected chi connectivity index (χ2v) is 6.43. The van der Waals surface area contributed by atoms with Gasteiger partial charge in [0.1, 0.15) is 0 Å². The molecular weight excluding hydrogens is 296 g/mol. The summed E-state index contributed by atoms with van der Waals surface area (Å²) in [6.07, 6.45) is 2.34. The van der Waals surface area contributed by atoms with E-state index in [1.807, 2.05) is 30.3 Å². The maximum Gasteiger partial charge on any atom is 0.254 e. The predicted molar refractivity (Wildman–Crippen MR) is 91.6 cm³/mol. The monoisotopic (exact) mass is 316 g/mol. The van der Waals surface area contributed by atoms with Gasteiger partial charge in [-0.1, -0.05) is 36.4 Å². The first-order chi connectivity index (χ1) is 10.3. The molecule has 1 atom stereocenters. The van der Waals surface area contributed by atoms with Gasteiger partial charge in [0.15, 0.2) is 0 Å². The number of fused-ring (bicyclic) bond motifs is 1. The summed E-state index contributed by atoms with van der Waals surface area (Å²) in [5.41, 5.74) is 1.18. The molecule has 2 fully saturated rings. The van der Waals surface area contributed by atoms with Crippen molar-refractivity contribution in [3.63, 3.8) is 0 Å². The molecule has 2 aliphatic rings. The summed E-state index contributed by atoms with van der Waals surface area (Å²) in [5, 5.41) is 5.65. The number of hydrogen-bond acceptors (Lipinski definition) is 2. The first-order valence-corrected chi connectivity index (χ1v) is 7.75. The maximum absolute atomic E-state index is 12.9. The fourth-order valence-electron chi connectivity index (χ4n) is 3.83. The van der Waals surface area contributed by atoms with Crippen molar-refractivity contribution >= 4 is 29.1 Å². The average Bonchev–Trinajstić information content (AvgIpc) is 3.17. The quantitative estimate of drug-likeness (QED) is 0.877. The zero-order valence-corrected chi connectivity index (χ0v) is 13.4. The van der Waals surface area contributed by atoms with Crippen LogP contribution < -0.4 is 5.32 Å². The summed E-state index contributed by atoms with van der Waals surface area (Å²) in [5.74, 6) is 0.190. The van der Waals surface area contributed by atoms with Gasteiger partial charge < -0.3 is 10.2 Å². The lowest BCUT2D eigenvalue weighted by molar-refractivity contribution is 0.0777. The van der Waals surface area contributed by atoms with Gasteiger partial charge in [-0.15, -0.1) is 12.4 Å². The van der Waals surface area contributed by atoms with Gasteiger partial charge in [-0.05, 0) is 36.2 Å².